The van der Waals surface area contributed by atoms with Crippen molar-refractivity contribution >= 4 is 38.6 Å². The molecule has 3 N–H and O–H groups in total. The molecule has 0 aliphatic rings. The summed E-state index contributed by atoms with van der Waals surface area (Å²) in [5.74, 6) is 0.346. The van der Waals surface area contributed by atoms with Crippen LogP contribution < -0.4 is 9.92 Å². The van der Waals surface area contributed by atoms with E-state index in [1.165, 1.54) is 12.1 Å². The van der Waals surface area contributed by atoms with E-state index in [2.05, 4.69) is 0 Å². The van der Waals surface area contributed by atoms with E-state index in [0.29, 0.717) is 16.8 Å². The summed E-state index contributed by atoms with van der Waals surface area (Å²) in [6.45, 7) is 3.79. The standard InChI is InChI=1S/C18H17NO4S2.O2/c1-11-3-5-13(6-4-11)24-23-18-10-14(25(20,21)22)9-16-12(2)17(19)8-7-15(16)18;1-2/h3-10H,19H2,1-2H3,(H,20,21,22);. The second-order valence-electron chi connectivity index (χ2n) is 5.75. The number of hydrogen-bond acceptors (Lipinski definition) is 7. The van der Waals surface area contributed by atoms with Crippen LogP contribution in [0.15, 0.2) is 58.3 Å². The van der Waals surface area contributed by atoms with Gasteiger partial charge in [0.05, 0.1) is 16.9 Å². The summed E-state index contributed by atoms with van der Waals surface area (Å²) < 4.78 is 38.4. The zero-order valence-corrected chi connectivity index (χ0v) is 16.1. The summed E-state index contributed by atoms with van der Waals surface area (Å²) >= 11 is 1.12. The fraction of sp³-hybridized carbons (Fsp3) is 0.111. The third-order valence-electron chi connectivity index (χ3n) is 3.93. The number of rotatable bonds is 4. The first-order valence-electron chi connectivity index (χ1n) is 7.64. The molecule has 0 heterocycles. The van der Waals surface area contributed by atoms with Crippen LogP contribution in [0.1, 0.15) is 11.1 Å². The molecule has 0 aromatic heterocycles. The summed E-state index contributed by atoms with van der Waals surface area (Å²) in [6, 6.07) is 14.0. The first-order chi connectivity index (χ1) is 12.8. The normalized spacial score (nSPS) is 10.9. The van der Waals surface area contributed by atoms with Gasteiger partial charge in [-0.1, -0.05) is 17.7 Å². The SMILES string of the molecule is Cc1ccc(SOc2cc(S(=O)(=O)O)cc3c(C)c(N)ccc23)cc1.O=O. The number of nitrogen functional groups attached to an aromatic ring is 1. The fourth-order valence-corrected chi connectivity index (χ4v) is 3.54. The summed E-state index contributed by atoms with van der Waals surface area (Å²) in [4.78, 5) is 14.6. The Bertz CT molecular complexity index is 1070. The van der Waals surface area contributed by atoms with E-state index in [4.69, 9.17) is 19.8 Å². The van der Waals surface area contributed by atoms with Crippen LogP contribution >= 0.6 is 12.0 Å². The maximum absolute atomic E-state index is 11.6. The number of fused-ring (bicyclic) bond motifs is 1. The molecule has 0 saturated heterocycles. The van der Waals surface area contributed by atoms with Crippen molar-refractivity contribution < 1.29 is 17.2 Å². The highest BCUT2D eigenvalue weighted by Crippen LogP contribution is 2.36. The Morgan fingerprint density at radius 1 is 0.963 bits per heavy atom. The van der Waals surface area contributed by atoms with Gasteiger partial charge in [-0.05, 0) is 55.1 Å². The smallest absolute Gasteiger partial charge is 0.294 e. The molecular formula is C18H17NO6S2. The monoisotopic (exact) mass is 407 g/mol. The van der Waals surface area contributed by atoms with Gasteiger partial charge in [-0.25, -0.2) is 0 Å². The number of nitrogens with two attached hydrogens (primary N) is 1. The topological polar surface area (TPSA) is 124 Å². The molecule has 27 heavy (non-hydrogen) atoms. The molecule has 0 fully saturated rings. The lowest BCUT2D eigenvalue weighted by Crippen LogP contribution is -2.00. The average molecular weight is 407 g/mol. The van der Waals surface area contributed by atoms with E-state index in [9.17, 15) is 13.0 Å². The summed E-state index contributed by atoms with van der Waals surface area (Å²) in [5.41, 5.74) is 8.32. The number of benzene rings is 3. The van der Waals surface area contributed by atoms with Crippen molar-refractivity contribution in [2.75, 3.05) is 5.73 Å². The minimum Gasteiger partial charge on any atom is -0.420 e. The molecule has 0 bridgehead atoms. The zero-order chi connectivity index (χ0) is 20.2. The van der Waals surface area contributed by atoms with Crippen LogP contribution in [0.25, 0.3) is 10.8 Å². The predicted octanol–water partition coefficient (Wildman–Crippen LogP) is 4.44. The molecule has 9 heteroatoms. The highest BCUT2D eigenvalue weighted by Gasteiger charge is 2.16. The van der Waals surface area contributed by atoms with Crippen LogP contribution in [0.4, 0.5) is 5.69 Å². The lowest BCUT2D eigenvalue weighted by Gasteiger charge is -2.12. The molecule has 0 amide bonds. The molecular weight excluding hydrogens is 390 g/mol. The van der Waals surface area contributed by atoms with E-state index in [1.54, 1.807) is 19.1 Å². The molecule has 0 radical (unpaired) electrons. The Balaban J connectivity index is 0.00000126. The van der Waals surface area contributed by atoms with E-state index in [-0.39, 0.29) is 4.90 Å². The number of hydrogen-bond donors (Lipinski definition) is 2. The van der Waals surface area contributed by atoms with Crippen molar-refractivity contribution in [2.24, 2.45) is 0 Å². The van der Waals surface area contributed by atoms with Gasteiger partial charge >= 0.3 is 0 Å². The molecule has 0 unspecified atom stereocenters. The third-order valence-corrected chi connectivity index (χ3v) is 5.49. The van der Waals surface area contributed by atoms with Crippen LogP contribution in [0.5, 0.6) is 5.75 Å². The van der Waals surface area contributed by atoms with Crippen LogP contribution in [-0.4, -0.2) is 13.0 Å². The van der Waals surface area contributed by atoms with Gasteiger partial charge in [0, 0.05) is 32.0 Å². The molecule has 0 atom stereocenters. The van der Waals surface area contributed by atoms with Crippen LogP contribution in [0, 0.1) is 23.8 Å². The van der Waals surface area contributed by atoms with E-state index in [1.807, 2.05) is 31.2 Å². The van der Waals surface area contributed by atoms with Crippen molar-refractivity contribution in [2.45, 2.75) is 23.6 Å². The average Bonchev–Trinajstić information content (AvgIpc) is 2.65. The van der Waals surface area contributed by atoms with Crippen LogP contribution in [0.2, 0.25) is 0 Å². The van der Waals surface area contributed by atoms with Crippen molar-refractivity contribution in [3.05, 3.63) is 69.6 Å². The van der Waals surface area contributed by atoms with E-state index < -0.39 is 10.1 Å². The molecule has 3 aromatic rings. The Kier molecular flexibility index (Phi) is 6.42. The van der Waals surface area contributed by atoms with Crippen LogP contribution in [0.3, 0.4) is 0 Å². The van der Waals surface area contributed by atoms with Gasteiger partial charge in [-0.15, -0.1) is 0 Å². The molecule has 0 saturated carbocycles. The van der Waals surface area contributed by atoms with Crippen molar-refractivity contribution in [3.8, 4) is 5.75 Å². The van der Waals surface area contributed by atoms with Crippen molar-refractivity contribution in [1.82, 2.24) is 0 Å². The predicted molar refractivity (Wildman–Crippen MR) is 107 cm³/mol. The van der Waals surface area contributed by atoms with E-state index >= 15 is 0 Å². The first-order valence-corrected chi connectivity index (χ1v) is 9.82. The number of aryl methyl sites for hydroxylation is 2. The Morgan fingerprint density at radius 3 is 2.19 bits per heavy atom. The molecule has 3 aromatic carbocycles. The quantitative estimate of drug-likeness (QED) is 0.369. The van der Waals surface area contributed by atoms with Gasteiger partial charge in [0.15, 0.2) is 0 Å². The van der Waals surface area contributed by atoms with Crippen LogP contribution in [-0.2, 0) is 10.1 Å². The second-order valence-corrected chi connectivity index (χ2v) is 7.98. The Morgan fingerprint density at radius 2 is 1.59 bits per heavy atom. The fourth-order valence-electron chi connectivity index (χ4n) is 2.44. The molecule has 0 aliphatic carbocycles. The summed E-state index contributed by atoms with van der Waals surface area (Å²) in [5, 5.41) is 1.34. The highest BCUT2D eigenvalue weighted by atomic mass is 32.2. The lowest BCUT2D eigenvalue weighted by molar-refractivity contribution is 0.482. The maximum atomic E-state index is 11.6. The van der Waals surface area contributed by atoms with Gasteiger partial charge < -0.3 is 9.92 Å². The molecule has 0 spiro atoms. The van der Waals surface area contributed by atoms with Crippen molar-refractivity contribution in [3.63, 3.8) is 0 Å². The minimum atomic E-state index is -4.37. The summed E-state index contributed by atoms with van der Waals surface area (Å²) in [6.07, 6.45) is 0. The minimum absolute atomic E-state index is 0.229. The van der Waals surface area contributed by atoms with Gasteiger partial charge in [-0.3, -0.25) is 4.55 Å². The first kappa shape index (κ1) is 20.7. The molecule has 7 nitrogen and oxygen atoms in total. The zero-order valence-electron chi connectivity index (χ0n) is 14.5. The lowest BCUT2D eigenvalue weighted by atomic mass is 10.0. The third kappa shape index (κ3) is 4.76. The van der Waals surface area contributed by atoms with Gasteiger partial charge in [0.2, 0.25) is 0 Å². The van der Waals surface area contributed by atoms with Gasteiger partial charge in [0.1, 0.15) is 5.75 Å². The second kappa shape index (κ2) is 8.38. The highest BCUT2D eigenvalue weighted by molar-refractivity contribution is 7.95. The largest absolute Gasteiger partial charge is 0.420 e. The van der Waals surface area contributed by atoms with Gasteiger partial charge in [-0.2, -0.15) is 8.42 Å². The number of anilines is 1. The van der Waals surface area contributed by atoms with Gasteiger partial charge in [0.25, 0.3) is 10.1 Å². The van der Waals surface area contributed by atoms with Crippen molar-refractivity contribution in [1.29, 1.82) is 0 Å². The molecule has 142 valence electrons. The Hall–Kier alpha value is -2.62. The Labute approximate surface area is 160 Å². The van der Waals surface area contributed by atoms with E-state index in [0.717, 1.165) is 33.5 Å². The summed E-state index contributed by atoms with van der Waals surface area (Å²) in [7, 11) is -4.37. The molecule has 0 aliphatic heterocycles. The molecule has 3 rings (SSSR count). The maximum Gasteiger partial charge on any atom is 0.294 e.